The van der Waals surface area contributed by atoms with Crippen molar-refractivity contribution in [2.45, 2.75) is 11.8 Å². The number of hydrogen-bond acceptors (Lipinski definition) is 7. The van der Waals surface area contributed by atoms with Crippen LogP contribution in [0, 0.1) is 12.7 Å². The molecular weight excluding hydrogens is 455 g/mol. The molecule has 1 amide bonds. The number of amides is 1. The molecule has 9 nitrogen and oxygen atoms in total. The van der Waals surface area contributed by atoms with Crippen LogP contribution in [-0.4, -0.2) is 57.5 Å². The second-order valence-electron chi connectivity index (χ2n) is 7.34. The molecule has 2 heterocycles. The summed E-state index contributed by atoms with van der Waals surface area (Å²) >= 11 is 0. The average molecular weight is 476 g/mol. The van der Waals surface area contributed by atoms with Crippen molar-refractivity contribution >= 4 is 38.6 Å². The Morgan fingerprint density at radius 3 is 2.48 bits per heavy atom. The highest BCUT2D eigenvalue weighted by Gasteiger charge is 2.26. The quantitative estimate of drug-likeness (QED) is 0.544. The molecule has 1 aliphatic heterocycles. The van der Waals surface area contributed by atoms with Gasteiger partial charge in [0.25, 0.3) is 5.91 Å². The molecule has 0 saturated carbocycles. The van der Waals surface area contributed by atoms with Crippen molar-refractivity contribution < 1.29 is 36.3 Å². The normalized spacial score (nSPS) is 14.8. The fourth-order valence-corrected chi connectivity index (χ4v) is 4.85. The average Bonchev–Trinajstić information content (AvgIpc) is 3.16. The molecule has 1 aliphatic rings. The van der Waals surface area contributed by atoms with Crippen LogP contribution in [0.4, 0.5) is 10.1 Å². The number of furan rings is 1. The fourth-order valence-electron chi connectivity index (χ4n) is 3.44. The smallest absolute Gasteiger partial charge is 0.375 e. The zero-order valence-electron chi connectivity index (χ0n) is 17.7. The predicted molar refractivity (Wildman–Crippen MR) is 116 cm³/mol. The van der Waals surface area contributed by atoms with Crippen molar-refractivity contribution in [3.8, 4) is 0 Å². The van der Waals surface area contributed by atoms with Crippen LogP contribution in [0.2, 0.25) is 0 Å². The summed E-state index contributed by atoms with van der Waals surface area (Å²) in [4.78, 5) is 24.6. The number of aryl methyl sites for hydroxylation is 1. The van der Waals surface area contributed by atoms with Crippen molar-refractivity contribution in [3.63, 3.8) is 0 Å². The molecule has 33 heavy (non-hydrogen) atoms. The fraction of sp³-hybridized carbons (Fsp3) is 0.273. The minimum Gasteiger partial charge on any atom is -0.450 e. The second kappa shape index (κ2) is 9.30. The van der Waals surface area contributed by atoms with E-state index in [1.165, 1.54) is 40.7 Å². The Balaban J connectivity index is 1.36. The minimum absolute atomic E-state index is 0.0569. The molecule has 174 valence electrons. The number of fused-ring (bicyclic) bond motifs is 1. The van der Waals surface area contributed by atoms with Crippen molar-refractivity contribution in [2.75, 3.05) is 38.2 Å². The predicted octanol–water partition coefficient (Wildman–Crippen LogP) is 2.70. The molecule has 0 spiro atoms. The number of morpholine rings is 1. The molecule has 0 unspecified atom stereocenters. The van der Waals surface area contributed by atoms with Gasteiger partial charge in [-0.15, -0.1) is 0 Å². The summed E-state index contributed by atoms with van der Waals surface area (Å²) in [6, 6.07) is 9.99. The summed E-state index contributed by atoms with van der Waals surface area (Å²) in [6.45, 7) is 2.23. The standard InChI is InChI=1S/C22H21FN2O7S/c1-14-17-3-2-4-18(23)21(17)32-20(14)22(27)31-13-19(26)24-15-5-7-16(8-6-15)33(28,29)25-9-11-30-12-10-25/h2-8H,9-13H2,1H3,(H,24,26). The Labute approximate surface area is 189 Å². The third-order valence-electron chi connectivity index (χ3n) is 5.18. The van der Waals surface area contributed by atoms with Gasteiger partial charge in [-0.05, 0) is 37.3 Å². The van der Waals surface area contributed by atoms with Crippen molar-refractivity contribution in [3.05, 3.63) is 59.6 Å². The number of rotatable bonds is 6. The lowest BCUT2D eigenvalue weighted by Crippen LogP contribution is -2.40. The lowest BCUT2D eigenvalue weighted by Gasteiger charge is -2.26. The van der Waals surface area contributed by atoms with Gasteiger partial charge in [0.2, 0.25) is 15.8 Å². The molecule has 1 fully saturated rings. The van der Waals surface area contributed by atoms with Crippen molar-refractivity contribution in [1.29, 1.82) is 0 Å². The molecule has 0 bridgehead atoms. The van der Waals surface area contributed by atoms with E-state index in [1.807, 2.05) is 0 Å². The van der Waals surface area contributed by atoms with Crippen molar-refractivity contribution in [2.24, 2.45) is 0 Å². The number of nitrogens with one attached hydrogen (secondary N) is 1. The van der Waals surface area contributed by atoms with Gasteiger partial charge in [0.05, 0.1) is 18.1 Å². The molecule has 0 radical (unpaired) electrons. The van der Waals surface area contributed by atoms with Crippen LogP contribution in [0.3, 0.4) is 0 Å². The van der Waals surface area contributed by atoms with Crippen LogP contribution in [0.1, 0.15) is 16.1 Å². The lowest BCUT2D eigenvalue weighted by molar-refractivity contribution is -0.119. The Hall–Kier alpha value is -3.28. The maximum Gasteiger partial charge on any atom is 0.375 e. The van der Waals surface area contributed by atoms with E-state index in [0.29, 0.717) is 29.9 Å². The van der Waals surface area contributed by atoms with E-state index < -0.39 is 34.3 Å². The molecule has 1 aromatic heterocycles. The highest BCUT2D eigenvalue weighted by molar-refractivity contribution is 7.89. The number of carbonyl (C=O) groups excluding carboxylic acids is 2. The van der Waals surface area contributed by atoms with E-state index in [2.05, 4.69) is 5.32 Å². The van der Waals surface area contributed by atoms with Crippen LogP contribution in [0.15, 0.2) is 51.8 Å². The summed E-state index contributed by atoms with van der Waals surface area (Å²) in [5.74, 6) is -2.32. The van der Waals surface area contributed by atoms with E-state index in [4.69, 9.17) is 13.9 Å². The number of hydrogen-bond donors (Lipinski definition) is 1. The van der Waals surface area contributed by atoms with Crippen LogP contribution < -0.4 is 5.32 Å². The van der Waals surface area contributed by atoms with Gasteiger partial charge < -0.3 is 19.2 Å². The molecule has 11 heteroatoms. The first kappa shape index (κ1) is 22.9. The number of nitrogens with zero attached hydrogens (tertiary/aromatic N) is 1. The minimum atomic E-state index is -3.64. The largest absolute Gasteiger partial charge is 0.450 e. The molecule has 3 aromatic rings. The maximum atomic E-state index is 13.9. The molecular formula is C22H21FN2O7S. The first-order chi connectivity index (χ1) is 15.8. The van der Waals surface area contributed by atoms with Gasteiger partial charge in [-0.25, -0.2) is 17.6 Å². The first-order valence-electron chi connectivity index (χ1n) is 10.1. The molecule has 4 rings (SSSR count). The zero-order chi connectivity index (χ0) is 23.6. The lowest BCUT2D eigenvalue weighted by atomic mass is 10.1. The highest BCUT2D eigenvalue weighted by atomic mass is 32.2. The molecule has 0 atom stereocenters. The van der Waals surface area contributed by atoms with Crippen LogP contribution in [0.5, 0.6) is 0 Å². The number of para-hydroxylation sites is 1. The van der Waals surface area contributed by atoms with Gasteiger partial charge in [-0.1, -0.05) is 12.1 Å². The Bertz CT molecular complexity index is 1300. The van der Waals surface area contributed by atoms with Gasteiger partial charge in [-0.2, -0.15) is 4.31 Å². The Morgan fingerprint density at radius 2 is 1.82 bits per heavy atom. The topological polar surface area (TPSA) is 115 Å². The van der Waals surface area contributed by atoms with Crippen LogP contribution >= 0.6 is 0 Å². The number of anilines is 1. The molecule has 0 aliphatic carbocycles. The summed E-state index contributed by atoms with van der Waals surface area (Å²) in [5, 5.41) is 2.97. The number of benzene rings is 2. The summed E-state index contributed by atoms with van der Waals surface area (Å²) in [5.41, 5.74) is 0.685. The van der Waals surface area contributed by atoms with Crippen molar-refractivity contribution in [1.82, 2.24) is 4.31 Å². The van der Waals surface area contributed by atoms with Crippen LogP contribution in [-0.2, 0) is 24.3 Å². The Kier molecular flexibility index (Phi) is 6.45. The molecule has 1 saturated heterocycles. The van der Waals surface area contributed by atoms with E-state index in [-0.39, 0.29) is 29.3 Å². The second-order valence-corrected chi connectivity index (χ2v) is 9.28. The summed E-state index contributed by atoms with van der Waals surface area (Å²) in [7, 11) is -3.64. The third-order valence-corrected chi connectivity index (χ3v) is 7.09. The van der Waals surface area contributed by atoms with E-state index in [9.17, 15) is 22.4 Å². The number of ether oxygens (including phenoxy) is 2. The molecule has 1 N–H and O–H groups in total. The highest BCUT2D eigenvalue weighted by Crippen LogP contribution is 2.27. The van der Waals surface area contributed by atoms with Crippen LogP contribution in [0.25, 0.3) is 11.0 Å². The van der Waals surface area contributed by atoms with Gasteiger partial charge in [0, 0.05) is 29.7 Å². The first-order valence-corrected chi connectivity index (χ1v) is 11.5. The number of sulfonamides is 1. The monoisotopic (exact) mass is 476 g/mol. The summed E-state index contributed by atoms with van der Waals surface area (Å²) < 4.78 is 55.9. The van der Waals surface area contributed by atoms with Gasteiger partial charge in [0.15, 0.2) is 18.0 Å². The van der Waals surface area contributed by atoms with Gasteiger partial charge >= 0.3 is 5.97 Å². The third kappa shape index (κ3) is 4.75. The number of halogens is 1. The SMILES string of the molecule is Cc1c(C(=O)OCC(=O)Nc2ccc(S(=O)(=O)N3CCOCC3)cc2)oc2c(F)cccc12. The zero-order valence-corrected chi connectivity index (χ0v) is 18.5. The molecule has 2 aromatic carbocycles. The van der Waals surface area contributed by atoms with Gasteiger partial charge in [0.1, 0.15) is 0 Å². The number of esters is 1. The number of carbonyl (C=O) groups is 2. The Morgan fingerprint density at radius 1 is 1.12 bits per heavy atom. The van der Waals surface area contributed by atoms with E-state index in [1.54, 1.807) is 13.0 Å². The van der Waals surface area contributed by atoms with Gasteiger partial charge in [-0.3, -0.25) is 4.79 Å². The maximum absolute atomic E-state index is 13.9. The summed E-state index contributed by atoms with van der Waals surface area (Å²) in [6.07, 6.45) is 0. The van der Waals surface area contributed by atoms with E-state index in [0.717, 1.165) is 0 Å². The van der Waals surface area contributed by atoms with E-state index >= 15 is 0 Å².